The molecule has 100 valence electrons. The largest absolute Gasteiger partial charge is 0.497 e. The summed E-state index contributed by atoms with van der Waals surface area (Å²) in [6, 6.07) is 11.4. The Bertz CT molecular complexity index is 543. The minimum Gasteiger partial charge on any atom is -0.497 e. The lowest BCUT2D eigenvalue weighted by molar-refractivity contribution is 0.271. The lowest BCUT2D eigenvalue weighted by atomic mass is 10.2. The van der Waals surface area contributed by atoms with E-state index in [1.807, 2.05) is 36.4 Å². The van der Waals surface area contributed by atoms with Gasteiger partial charge in [0.2, 0.25) is 0 Å². The Morgan fingerprint density at radius 1 is 1.00 bits per heavy atom. The van der Waals surface area contributed by atoms with Crippen LogP contribution in [0.4, 0.5) is 0 Å². The zero-order chi connectivity index (χ0) is 13.7. The van der Waals surface area contributed by atoms with Crippen molar-refractivity contribution in [1.82, 2.24) is 4.98 Å². The quantitative estimate of drug-likeness (QED) is 0.598. The van der Waals surface area contributed by atoms with Gasteiger partial charge in [0.25, 0.3) is 5.88 Å². The lowest BCUT2D eigenvalue weighted by Gasteiger charge is -2.10. The van der Waals surface area contributed by atoms with Crippen molar-refractivity contribution in [3.8, 4) is 17.4 Å². The predicted octanol–water partition coefficient (Wildman–Crippen LogP) is 3.28. The number of nitrogens with zero attached hydrogens (tertiary/aromatic N) is 1. The maximum Gasteiger partial charge on any atom is 0.258 e. The normalized spacial score (nSPS) is 10.1. The molecule has 2 aromatic rings. The molecule has 1 aromatic heterocycles. The minimum atomic E-state index is 0.438. The van der Waals surface area contributed by atoms with E-state index in [0.717, 1.165) is 15.0 Å². The molecule has 0 N–H and O–H groups in total. The van der Waals surface area contributed by atoms with Crippen LogP contribution in [0.15, 0.2) is 36.4 Å². The van der Waals surface area contributed by atoms with Gasteiger partial charge in [-0.25, -0.2) is 4.98 Å². The van der Waals surface area contributed by atoms with Gasteiger partial charge in [-0.05, 0) is 52.4 Å². The first kappa shape index (κ1) is 13.9. The van der Waals surface area contributed by atoms with Crippen molar-refractivity contribution < 1.29 is 14.2 Å². The molecule has 0 unspecified atom stereocenters. The minimum absolute atomic E-state index is 0.438. The highest BCUT2D eigenvalue weighted by molar-refractivity contribution is 14.1. The van der Waals surface area contributed by atoms with Crippen LogP contribution in [0.2, 0.25) is 0 Å². The Hall–Kier alpha value is -1.50. The molecule has 0 aliphatic rings. The van der Waals surface area contributed by atoms with Gasteiger partial charge in [-0.15, -0.1) is 0 Å². The highest BCUT2D eigenvalue weighted by atomic mass is 127. The molecule has 1 heterocycles. The maximum absolute atomic E-state index is 5.69. The first-order valence-electron chi connectivity index (χ1n) is 5.69. The van der Waals surface area contributed by atoms with E-state index in [1.165, 1.54) is 0 Å². The standard InChI is InChI=1S/C14H14INO3/c1-17-11-5-3-10(4-6-11)9-19-14-12(18-2)7-8-13(15)16-14/h3-8H,9H2,1-2H3. The second kappa shape index (κ2) is 6.60. The van der Waals surface area contributed by atoms with E-state index in [1.54, 1.807) is 14.2 Å². The molecule has 0 saturated carbocycles. The molecule has 19 heavy (non-hydrogen) atoms. The average Bonchev–Trinajstić information content (AvgIpc) is 2.46. The van der Waals surface area contributed by atoms with E-state index in [2.05, 4.69) is 27.6 Å². The number of ether oxygens (including phenoxy) is 3. The highest BCUT2D eigenvalue weighted by Gasteiger charge is 2.07. The van der Waals surface area contributed by atoms with Gasteiger partial charge in [0.1, 0.15) is 16.1 Å². The van der Waals surface area contributed by atoms with Gasteiger partial charge in [-0.1, -0.05) is 12.1 Å². The molecular weight excluding hydrogens is 357 g/mol. The van der Waals surface area contributed by atoms with E-state index in [9.17, 15) is 0 Å². The van der Waals surface area contributed by atoms with Crippen LogP contribution in [0.3, 0.4) is 0 Å². The van der Waals surface area contributed by atoms with Crippen molar-refractivity contribution >= 4 is 22.6 Å². The third-order valence-corrected chi connectivity index (χ3v) is 3.15. The summed E-state index contributed by atoms with van der Waals surface area (Å²) in [6.07, 6.45) is 0. The van der Waals surface area contributed by atoms with Gasteiger partial charge in [-0.2, -0.15) is 0 Å². The molecule has 0 fully saturated rings. The van der Waals surface area contributed by atoms with Gasteiger partial charge in [0.05, 0.1) is 14.2 Å². The average molecular weight is 371 g/mol. The van der Waals surface area contributed by atoms with Crippen LogP contribution in [-0.2, 0) is 6.61 Å². The Morgan fingerprint density at radius 3 is 2.37 bits per heavy atom. The molecule has 4 nitrogen and oxygen atoms in total. The summed E-state index contributed by atoms with van der Waals surface area (Å²) in [7, 11) is 3.25. The number of benzene rings is 1. The SMILES string of the molecule is COc1ccc(COc2nc(I)ccc2OC)cc1. The fourth-order valence-corrected chi connectivity index (χ4v) is 1.94. The fraction of sp³-hybridized carbons (Fsp3) is 0.214. The van der Waals surface area contributed by atoms with E-state index in [4.69, 9.17) is 14.2 Å². The van der Waals surface area contributed by atoms with Crippen molar-refractivity contribution in [3.63, 3.8) is 0 Å². The summed E-state index contributed by atoms with van der Waals surface area (Å²) in [5.74, 6) is 1.97. The summed E-state index contributed by atoms with van der Waals surface area (Å²) in [5, 5.41) is 0. The number of hydrogen-bond acceptors (Lipinski definition) is 4. The van der Waals surface area contributed by atoms with Crippen LogP contribution < -0.4 is 14.2 Å². The molecule has 0 atom stereocenters. The Labute approximate surface area is 125 Å². The molecule has 0 aliphatic carbocycles. The summed E-state index contributed by atoms with van der Waals surface area (Å²) in [6.45, 7) is 0.438. The summed E-state index contributed by atoms with van der Waals surface area (Å²) in [5.41, 5.74) is 1.04. The van der Waals surface area contributed by atoms with Crippen LogP contribution in [0.1, 0.15) is 5.56 Å². The lowest BCUT2D eigenvalue weighted by Crippen LogP contribution is -2.00. The van der Waals surface area contributed by atoms with Crippen LogP contribution in [0.25, 0.3) is 0 Å². The Kier molecular flexibility index (Phi) is 4.84. The molecular formula is C14H14INO3. The second-order valence-electron chi connectivity index (χ2n) is 3.78. The Balaban J connectivity index is 2.07. The van der Waals surface area contributed by atoms with Crippen molar-refractivity contribution in [2.75, 3.05) is 14.2 Å². The van der Waals surface area contributed by atoms with Crippen molar-refractivity contribution in [1.29, 1.82) is 0 Å². The third kappa shape index (κ3) is 3.73. The smallest absolute Gasteiger partial charge is 0.258 e. The van der Waals surface area contributed by atoms with Crippen LogP contribution in [-0.4, -0.2) is 19.2 Å². The summed E-state index contributed by atoms with van der Waals surface area (Å²) >= 11 is 2.14. The van der Waals surface area contributed by atoms with Gasteiger partial charge in [0.15, 0.2) is 5.75 Å². The van der Waals surface area contributed by atoms with Crippen molar-refractivity contribution in [2.24, 2.45) is 0 Å². The van der Waals surface area contributed by atoms with E-state index in [0.29, 0.717) is 18.2 Å². The van der Waals surface area contributed by atoms with Gasteiger partial charge < -0.3 is 14.2 Å². The molecule has 0 bridgehead atoms. The highest BCUT2D eigenvalue weighted by Crippen LogP contribution is 2.26. The molecule has 0 saturated heterocycles. The zero-order valence-corrected chi connectivity index (χ0v) is 12.9. The molecule has 0 spiro atoms. The molecule has 0 aliphatic heterocycles. The zero-order valence-electron chi connectivity index (χ0n) is 10.7. The summed E-state index contributed by atoms with van der Waals surface area (Å²) in [4.78, 5) is 4.31. The van der Waals surface area contributed by atoms with Gasteiger partial charge >= 0.3 is 0 Å². The first-order valence-corrected chi connectivity index (χ1v) is 6.77. The van der Waals surface area contributed by atoms with E-state index < -0.39 is 0 Å². The number of aromatic nitrogens is 1. The van der Waals surface area contributed by atoms with Gasteiger partial charge in [-0.3, -0.25) is 0 Å². The molecule has 2 rings (SSSR count). The predicted molar refractivity (Wildman–Crippen MR) is 80.8 cm³/mol. The van der Waals surface area contributed by atoms with Gasteiger partial charge in [0, 0.05) is 0 Å². The van der Waals surface area contributed by atoms with E-state index >= 15 is 0 Å². The number of halogens is 1. The number of pyridine rings is 1. The Morgan fingerprint density at radius 2 is 1.74 bits per heavy atom. The van der Waals surface area contributed by atoms with E-state index in [-0.39, 0.29) is 0 Å². The summed E-state index contributed by atoms with van der Waals surface area (Å²) < 4.78 is 16.9. The van der Waals surface area contributed by atoms with Crippen LogP contribution >= 0.6 is 22.6 Å². The molecule has 0 radical (unpaired) electrons. The van der Waals surface area contributed by atoms with Crippen LogP contribution in [0, 0.1) is 3.70 Å². The topological polar surface area (TPSA) is 40.6 Å². The molecule has 1 aromatic carbocycles. The maximum atomic E-state index is 5.69. The fourth-order valence-electron chi connectivity index (χ4n) is 1.54. The third-order valence-electron chi connectivity index (χ3n) is 2.55. The number of rotatable bonds is 5. The van der Waals surface area contributed by atoms with Crippen LogP contribution in [0.5, 0.6) is 17.4 Å². The second-order valence-corrected chi connectivity index (χ2v) is 4.88. The number of hydrogen-bond donors (Lipinski definition) is 0. The monoisotopic (exact) mass is 371 g/mol. The molecule has 5 heteroatoms. The first-order chi connectivity index (χ1) is 9.22. The number of methoxy groups -OCH3 is 2. The molecule has 0 amide bonds. The van der Waals surface area contributed by atoms with Crippen molar-refractivity contribution in [3.05, 3.63) is 45.7 Å². The van der Waals surface area contributed by atoms with Crippen molar-refractivity contribution in [2.45, 2.75) is 6.61 Å².